The largest absolute Gasteiger partial charge is 0.447 e. The molecule has 0 aliphatic carbocycles. The molecule has 106 valence electrons. The van der Waals surface area contributed by atoms with Crippen LogP contribution in [-0.2, 0) is 11.3 Å². The van der Waals surface area contributed by atoms with Gasteiger partial charge in [0.05, 0.1) is 5.02 Å². The van der Waals surface area contributed by atoms with E-state index in [4.69, 9.17) is 21.6 Å². The molecule has 0 bridgehead atoms. The van der Waals surface area contributed by atoms with Gasteiger partial charge in [-0.05, 0) is 11.6 Å². The van der Waals surface area contributed by atoms with Crippen LogP contribution in [0.1, 0.15) is 15.9 Å². The van der Waals surface area contributed by atoms with Gasteiger partial charge in [0, 0.05) is 12.7 Å². The van der Waals surface area contributed by atoms with Crippen LogP contribution in [0.5, 0.6) is 0 Å². The van der Waals surface area contributed by atoms with Crippen molar-refractivity contribution in [2.75, 3.05) is 11.9 Å². The Balaban J connectivity index is 2.15. The zero-order chi connectivity index (χ0) is 15.1. The number of ether oxygens (including phenoxy) is 1. The van der Waals surface area contributed by atoms with E-state index in [1.807, 2.05) is 30.3 Å². The van der Waals surface area contributed by atoms with Gasteiger partial charge in [-0.3, -0.25) is 0 Å². The van der Waals surface area contributed by atoms with E-state index >= 15 is 0 Å². The lowest BCUT2D eigenvalue weighted by Crippen LogP contribution is -2.11. The Morgan fingerprint density at radius 1 is 1.38 bits per heavy atom. The number of pyridine rings is 1. The second kappa shape index (κ2) is 7.27. The summed E-state index contributed by atoms with van der Waals surface area (Å²) in [5.74, 6) is -0.270. The number of nitrogens with zero attached hydrogens (tertiary/aromatic N) is 2. The third-order valence-electron chi connectivity index (χ3n) is 2.64. The SMILES string of the molecule is N#CCOC(=O)c1cc(Cl)cnc1NCc1ccccc1. The maximum atomic E-state index is 11.9. The molecule has 1 aromatic heterocycles. The van der Waals surface area contributed by atoms with E-state index in [1.54, 1.807) is 6.07 Å². The molecule has 1 aromatic carbocycles. The molecular formula is C15H12ClN3O2. The maximum absolute atomic E-state index is 11.9. The minimum absolute atomic E-state index is 0.202. The number of nitriles is 1. The molecule has 0 radical (unpaired) electrons. The first-order valence-corrected chi connectivity index (χ1v) is 6.56. The highest BCUT2D eigenvalue weighted by Gasteiger charge is 2.15. The van der Waals surface area contributed by atoms with E-state index in [-0.39, 0.29) is 12.2 Å². The molecular weight excluding hydrogens is 290 g/mol. The Labute approximate surface area is 127 Å². The van der Waals surface area contributed by atoms with Gasteiger partial charge in [-0.15, -0.1) is 0 Å². The van der Waals surface area contributed by atoms with E-state index in [2.05, 4.69) is 10.3 Å². The molecule has 0 saturated carbocycles. The predicted octanol–water partition coefficient (Wildman–Crippen LogP) is 3.03. The molecule has 6 heteroatoms. The molecule has 0 fully saturated rings. The summed E-state index contributed by atoms with van der Waals surface area (Å²) in [6.07, 6.45) is 1.44. The van der Waals surface area contributed by atoms with Crippen molar-refractivity contribution in [3.63, 3.8) is 0 Å². The van der Waals surface area contributed by atoms with Gasteiger partial charge in [0.25, 0.3) is 0 Å². The summed E-state index contributed by atoms with van der Waals surface area (Å²) in [5.41, 5.74) is 1.25. The first kappa shape index (κ1) is 14.8. The van der Waals surface area contributed by atoms with Gasteiger partial charge >= 0.3 is 5.97 Å². The first-order chi connectivity index (χ1) is 10.2. The van der Waals surface area contributed by atoms with Crippen molar-refractivity contribution < 1.29 is 9.53 Å². The van der Waals surface area contributed by atoms with Crippen molar-refractivity contribution in [2.45, 2.75) is 6.54 Å². The van der Waals surface area contributed by atoms with Crippen LogP contribution in [0, 0.1) is 11.3 Å². The monoisotopic (exact) mass is 301 g/mol. The summed E-state index contributed by atoms with van der Waals surface area (Å²) < 4.78 is 4.79. The second-order valence-electron chi connectivity index (χ2n) is 4.12. The number of esters is 1. The van der Waals surface area contributed by atoms with Crippen molar-refractivity contribution in [1.29, 1.82) is 5.26 Å². The van der Waals surface area contributed by atoms with Gasteiger partial charge in [0.1, 0.15) is 17.5 Å². The van der Waals surface area contributed by atoms with Crippen LogP contribution >= 0.6 is 11.6 Å². The maximum Gasteiger partial charge on any atom is 0.342 e. The van der Waals surface area contributed by atoms with E-state index in [1.165, 1.54) is 12.3 Å². The Morgan fingerprint density at radius 3 is 2.86 bits per heavy atom. The van der Waals surface area contributed by atoms with Gasteiger partial charge in [0.2, 0.25) is 0 Å². The number of rotatable bonds is 5. The second-order valence-corrected chi connectivity index (χ2v) is 4.56. The molecule has 0 aliphatic heterocycles. The van der Waals surface area contributed by atoms with Gasteiger partial charge < -0.3 is 10.1 Å². The normalized spacial score (nSPS) is 9.71. The molecule has 1 N–H and O–H groups in total. The number of benzene rings is 1. The summed E-state index contributed by atoms with van der Waals surface area (Å²) in [7, 11) is 0. The Morgan fingerprint density at radius 2 is 2.14 bits per heavy atom. The minimum Gasteiger partial charge on any atom is -0.447 e. The quantitative estimate of drug-likeness (QED) is 0.859. The van der Waals surface area contributed by atoms with E-state index in [9.17, 15) is 4.79 Å². The number of carbonyl (C=O) groups excluding carboxylic acids is 1. The summed E-state index contributed by atoms with van der Waals surface area (Å²) in [5, 5.41) is 11.8. The molecule has 0 unspecified atom stereocenters. The summed E-state index contributed by atoms with van der Waals surface area (Å²) >= 11 is 5.85. The van der Waals surface area contributed by atoms with Crippen molar-refractivity contribution in [2.24, 2.45) is 0 Å². The highest BCUT2D eigenvalue weighted by Crippen LogP contribution is 2.19. The summed E-state index contributed by atoms with van der Waals surface area (Å²) in [6, 6.07) is 12.9. The van der Waals surface area contributed by atoms with Crippen LogP contribution in [0.15, 0.2) is 42.6 Å². The molecule has 2 aromatic rings. The van der Waals surface area contributed by atoms with Crippen LogP contribution < -0.4 is 5.32 Å². The number of carbonyl (C=O) groups is 1. The van der Waals surface area contributed by atoms with Gasteiger partial charge in [0.15, 0.2) is 6.61 Å². The fourth-order valence-electron chi connectivity index (χ4n) is 1.69. The number of hydrogen-bond donors (Lipinski definition) is 1. The molecule has 5 nitrogen and oxygen atoms in total. The van der Waals surface area contributed by atoms with Gasteiger partial charge in [-0.2, -0.15) is 5.26 Å². The zero-order valence-corrected chi connectivity index (χ0v) is 11.8. The molecule has 21 heavy (non-hydrogen) atoms. The van der Waals surface area contributed by atoms with Crippen molar-refractivity contribution >= 4 is 23.4 Å². The Kier molecular flexibility index (Phi) is 5.13. The van der Waals surface area contributed by atoms with Crippen molar-refractivity contribution in [1.82, 2.24) is 4.98 Å². The van der Waals surface area contributed by atoms with Crippen LogP contribution in [-0.4, -0.2) is 17.6 Å². The van der Waals surface area contributed by atoms with Gasteiger partial charge in [-0.1, -0.05) is 41.9 Å². The highest BCUT2D eigenvalue weighted by molar-refractivity contribution is 6.30. The molecule has 0 spiro atoms. The number of halogens is 1. The van der Waals surface area contributed by atoms with E-state index < -0.39 is 5.97 Å². The molecule has 2 rings (SSSR count). The first-order valence-electron chi connectivity index (χ1n) is 6.18. The average molecular weight is 302 g/mol. The molecule has 1 heterocycles. The van der Waals surface area contributed by atoms with Crippen LogP contribution in [0.2, 0.25) is 5.02 Å². The third-order valence-corrected chi connectivity index (χ3v) is 2.85. The number of hydrogen-bond acceptors (Lipinski definition) is 5. The van der Waals surface area contributed by atoms with E-state index in [0.717, 1.165) is 5.56 Å². The smallest absolute Gasteiger partial charge is 0.342 e. The van der Waals surface area contributed by atoms with Crippen molar-refractivity contribution in [3.05, 3.63) is 58.7 Å². The molecule has 0 aliphatic rings. The topological polar surface area (TPSA) is 75.0 Å². The molecule has 0 saturated heterocycles. The summed E-state index contributed by atoms with van der Waals surface area (Å²) in [4.78, 5) is 16.0. The average Bonchev–Trinajstić information content (AvgIpc) is 2.52. The third kappa shape index (κ3) is 4.20. The summed E-state index contributed by atoms with van der Waals surface area (Å²) in [6.45, 7) is 0.192. The lowest BCUT2D eigenvalue weighted by atomic mass is 10.2. The lowest BCUT2D eigenvalue weighted by Gasteiger charge is -2.10. The predicted molar refractivity (Wildman–Crippen MR) is 78.9 cm³/mol. The molecule has 0 atom stereocenters. The van der Waals surface area contributed by atoms with Crippen LogP contribution in [0.3, 0.4) is 0 Å². The number of anilines is 1. The molecule has 0 amide bonds. The number of nitrogens with one attached hydrogen (secondary N) is 1. The minimum atomic E-state index is -0.637. The fourth-order valence-corrected chi connectivity index (χ4v) is 1.85. The Hall–Kier alpha value is -2.58. The Bertz CT molecular complexity index is 668. The van der Waals surface area contributed by atoms with Crippen LogP contribution in [0.4, 0.5) is 5.82 Å². The van der Waals surface area contributed by atoms with Gasteiger partial charge in [-0.25, -0.2) is 9.78 Å². The number of aromatic nitrogens is 1. The van der Waals surface area contributed by atoms with E-state index in [0.29, 0.717) is 17.4 Å². The standard InChI is InChI=1S/C15H12ClN3O2/c16-12-8-13(15(20)21-7-6-17)14(19-10-12)18-9-11-4-2-1-3-5-11/h1-5,8,10H,7,9H2,(H,18,19). The highest BCUT2D eigenvalue weighted by atomic mass is 35.5. The fraction of sp³-hybridized carbons (Fsp3) is 0.133. The van der Waals surface area contributed by atoms with Crippen molar-refractivity contribution in [3.8, 4) is 6.07 Å². The lowest BCUT2D eigenvalue weighted by molar-refractivity contribution is 0.0555. The zero-order valence-electron chi connectivity index (χ0n) is 11.0. The van der Waals surface area contributed by atoms with Crippen LogP contribution in [0.25, 0.3) is 0 Å².